The van der Waals surface area contributed by atoms with Gasteiger partial charge in [0.05, 0.1) is 18.3 Å². The molecule has 0 heterocycles. The number of rotatable bonds is 16. The zero-order chi connectivity index (χ0) is 20.3. The molecule has 0 bridgehead atoms. The van der Waals surface area contributed by atoms with Crippen LogP contribution < -0.4 is 0 Å². The predicted octanol–water partition coefficient (Wildman–Crippen LogP) is 3.91. The van der Waals surface area contributed by atoms with E-state index in [0.29, 0.717) is 6.42 Å². The zero-order valence-electron chi connectivity index (χ0n) is 16.4. The quantitative estimate of drug-likeness (QED) is 0.185. The largest absolute Gasteiger partial charge is 0.481 e. The third-order valence-electron chi connectivity index (χ3n) is 4.04. The Labute approximate surface area is 163 Å². The Hall–Kier alpha value is -1.69. The number of allylic oxidation sites excluding steroid dienone is 6. The van der Waals surface area contributed by atoms with Crippen molar-refractivity contribution in [2.45, 2.75) is 83.0 Å². The molecule has 0 aliphatic heterocycles. The van der Waals surface area contributed by atoms with E-state index in [2.05, 4.69) is 6.92 Å². The van der Waals surface area contributed by atoms with Crippen molar-refractivity contribution in [1.82, 2.24) is 0 Å². The fourth-order valence-electron chi connectivity index (χ4n) is 2.35. The molecule has 3 atom stereocenters. The Morgan fingerprint density at radius 3 is 2.19 bits per heavy atom. The van der Waals surface area contributed by atoms with Crippen LogP contribution in [0.25, 0.3) is 0 Å². The maximum absolute atomic E-state index is 10.4. The van der Waals surface area contributed by atoms with E-state index in [4.69, 9.17) is 5.11 Å². The molecule has 0 fully saturated rings. The fraction of sp³-hybridized carbons (Fsp3) is 0.591. The number of hydrogen-bond donors (Lipinski definition) is 4. The topological polar surface area (TPSA) is 98.0 Å². The first kappa shape index (κ1) is 25.3. The maximum atomic E-state index is 10.4. The van der Waals surface area contributed by atoms with Crippen LogP contribution in [0.3, 0.4) is 0 Å². The van der Waals surface area contributed by atoms with Gasteiger partial charge in [-0.3, -0.25) is 4.79 Å². The van der Waals surface area contributed by atoms with Crippen LogP contribution in [0, 0.1) is 0 Å². The lowest BCUT2D eigenvalue weighted by molar-refractivity contribution is -0.138. The molecule has 0 saturated heterocycles. The highest BCUT2D eigenvalue weighted by atomic mass is 16.4. The van der Waals surface area contributed by atoms with Crippen LogP contribution >= 0.6 is 0 Å². The van der Waals surface area contributed by atoms with Gasteiger partial charge in [0.2, 0.25) is 0 Å². The van der Waals surface area contributed by atoms with Gasteiger partial charge in [0.15, 0.2) is 0 Å². The van der Waals surface area contributed by atoms with Gasteiger partial charge < -0.3 is 20.4 Å². The Morgan fingerprint density at radius 1 is 0.852 bits per heavy atom. The minimum atomic E-state index is -1.01. The van der Waals surface area contributed by atoms with Crippen molar-refractivity contribution < 1.29 is 25.2 Å². The van der Waals surface area contributed by atoms with Crippen LogP contribution in [-0.4, -0.2) is 44.7 Å². The van der Waals surface area contributed by atoms with Crippen molar-refractivity contribution in [3.63, 3.8) is 0 Å². The van der Waals surface area contributed by atoms with Crippen molar-refractivity contribution in [2.75, 3.05) is 0 Å². The van der Waals surface area contributed by atoms with Crippen LogP contribution in [0.1, 0.15) is 64.7 Å². The van der Waals surface area contributed by atoms with Gasteiger partial charge in [-0.15, -0.1) is 0 Å². The lowest BCUT2D eigenvalue weighted by Crippen LogP contribution is -2.25. The molecule has 0 rings (SSSR count). The van der Waals surface area contributed by atoms with Gasteiger partial charge >= 0.3 is 5.97 Å². The van der Waals surface area contributed by atoms with E-state index in [-0.39, 0.29) is 18.9 Å². The normalized spacial score (nSPS) is 16.0. The van der Waals surface area contributed by atoms with Gasteiger partial charge in [-0.2, -0.15) is 0 Å². The van der Waals surface area contributed by atoms with Crippen LogP contribution in [0.15, 0.2) is 48.6 Å². The summed E-state index contributed by atoms with van der Waals surface area (Å²) in [4.78, 5) is 10.4. The first-order chi connectivity index (χ1) is 13.0. The molecule has 0 amide bonds. The molecule has 0 radical (unpaired) electrons. The van der Waals surface area contributed by atoms with Gasteiger partial charge in [-0.05, 0) is 32.1 Å². The van der Waals surface area contributed by atoms with Gasteiger partial charge in [0.1, 0.15) is 0 Å². The summed E-state index contributed by atoms with van der Waals surface area (Å²) in [6.07, 6.45) is 19.0. The van der Waals surface area contributed by atoms with Crippen LogP contribution in [0.5, 0.6) is 0 Å². The number of carboxylic acids is 1. The third kappa shape index (κ3) is 17.5. The smallest absolute Gasteiger partial charge is 0.303 e. The highest BCUT2D eigenvalue weighted by Crippen LogP contribution is 2.07. The first-order valence-corrected chi connectivity index (χ1v) is 9.86. The molecule has 0 spiro atoms. The predicted molar refractivity (Wildman–Crippen MR) is 109 cm³/mol. The van der Waals surface area contributed by atoms with Crippen LogP contribution in [-0.2, 0) is 4.79 Å². The Balaban J connectivity index is 3.78. The highest BCUT2D eigenvalue weighted by molar-refractivity contribution is 5.66. The van der Waals surface area contributed by atoms with Gasteiger partial charge in [-0.25, -0.2) is 0 Å². The monoisotopic (exact) mass is 380 g/mol. The minimum Gasteiger partial charge on any atom is -0.481 e. The van der Waals surface area contributed by atoms with E-state index < -0.39 is 18.2 Å². The Bertz CT molecular complexity index is 479. The lowest BCUT2D eigenvalue weighted by atomic mass is 10.1. The Kier molecular flexibility index (Phi) is 16.6. The van der Waals surface area contributed by atoms with E-state index in [1.54, 1.807) is 6.08 Å². The molecule has 0 aliphatic rings. The van der Waals surface area contributed by atoms with E-state index >= 15 is 0 Å². The molecule has 154 valence electrons. The zero-order valence-corrected chi connectivity index (χ0v) is 16.4. The number of aliphatic carboxylic acids is 1. The van der Waals surface area contributed by atoms with Crippen LogP contribution in [0.2, 0.25) is 0 Å². The number of aliphatic hydroxyl groups is 3. The van der Waals surface area contributed by atoms with Crippen molar-refractivity contribution in [3.05, 3.63) is 48.6 Å². The van der Waals surface area contributed by atoms with E-state index in [1.807, 2.05) is 42.5 Å². The van der Waals surface area contributed by atoms with Crippen molar-refractivity contribution in [2.24, 2.45) is 0 Å². The third-order valence-corrected chi connectivity index (χ3v) is 4.04. The molecular formula is C22H36O5. The second-order valence-electron chi connectivity index (χ2n) is 6.59. The minimum absolute atomic E-state index is 0.0563. The second-order valence-corrected chi connectivity index (χ2v) is 6.59. The van der Waals surface area contributed by atoms with Crippen molar-refractivity contribution in [3.8, 4) is 0 Å². The van der Waals surface area contributed by atoms with Crippen molar-refractivity contribution >= 4 is 5.97 Å². The maximum Gasteiger partial charge on any atom is 0.303 e. The molecule has 5 nitrogen and oxygen atoms in total. The second kappa shape index (κ2) is 17.7. The number of carboxylic acid groups (broad SMARTS) is 1. The summed E-state index contributed by atoms with van der Waals surface area (Å²) in [5.74, 6) is -0.977. The molecule has 3 unspecified atom stereocenters. The molecule has 0 aromatic heterocycles. The van der Waals surface area contributed by atoms with E-state index in [1.165, 1.54) is 0 Å². The molecule has 0 aliphatic carbocycles. The standard InChI is InChI=1S/C22H36O5/c1-2-3-11-14-19(23)15-12-9-7-5-4-6-8-10-13-16-20(24)21(25)17-18-22(26)27/h4,6-7,9-10,12-13,15,19-21,23-25H,2-3,5,8,11,14,16-18H2,1H3,(H,26,27)/b6-4+,9-7+,13-10+,15-12+. The lowest BCUT2D eigenvalue weighted by Gasteiger charge is -2.14. The van der Waals surface area contributed by atoms with E-state index in [9.17, 15) is 20.1 Å². The summed E-state index contributed by atoms with van der Waals surface area (Å²) < 4.78 is 0. The molecule has 5 heteroatoms. The van der Waals surface area contributed by atoms with Gasteiger partial charge in [0.25, 0.3) is 0 Å². The number of unbranched alkanes of at least 4 members (excludes halogenated alkanes) is 2. The summed E-state index contributed by atoms with van der Waals surface area (Å²) in [7, 11) is 0. The fourth-order valence-corrected chi connectivity index (χ4v) is 2.35. The van der Waals surface area contributed by atoms with Gasteiger partial charge in [-0.1, -0.05) is 74.8 Å². The van der Waals surface area contributed by atoms with Gasteiger partial charge in [0, 0.05) is 6.42 Å². The molecule has 0 aromatic carbocycles. The summed E-state index contributed by atoms with van der Waals surface area (Å²) in [5.41, 5.74) is 0. The molecule has 4 N–H and O–H groups in total. The molecular weight excluding hydrogens is 344 g/mol. The average molecular weight is 381 g/mol. The first-order valence-electron chi connectivity index (χ1n) is 9.86. The highest BCUT2D eigenvalue weighted by Gasteiger charge is 2.15. The molecule has 0 saturated carbocycles. The summed E-state index contributed by atoms with van der Waals surface area (Å²) >= 11 is 0. The number of hydrogen-bond acceptors (Lipinski definition) is 4. The SMILES string of the molecule is CCCCCC(O)/C=C/C=C/C/C=C/C/C=C/CC(O)C(O)CCC(=O)O. The molecule has 0 aromatic rings. The Morgan fingerprint density at radius 2 is 1.52 bits per heavy atom. The molecule has 27 heavy (non-hydrogen) atoms. The van der Waals surface area contributed by atoms with Crippen molar-refractivity contribution in [1.29, 1.82) is 0 Å². The van der Waals surface area contributed by atoms with E-state index in [0.717, 1.165) is 38.5 Å². The summed E-state index contributed by atoms with van der Waals surface area (Å²) in [5, 5.41) is 37.6. The average Bonchev–Trinajstić information content (AvgIpc) is 2.64. The number of aliphatic hydroxyl groups excluding tert-OH is 3. The summed E-state index contributed by atoms with van der Waals surface area (Å²) in [6, 6.07) is 0. The summed E-state index contributed by atoms with van der Waals surface area (Å²) in [6.45, 7) is 2.15. The van der Waals surface area contributed by atoms with Crippen LogP contribution in [0.4, 0.5) is 0 Å². The number of carbonyl (C=O) groups is 1.